The predicted octanol–water partition coefficient (Wildman–Crippen LogP) is 2.83. The van der Waals surface area contributed by atoms with Crippen LogP contribution in [0.5, 0.6) is 0 Å². The van der Waals surface area contributed by atoms with Gasteiger partial charge in [-0.3, -0.25) is 4.57 Å². The van der Waals surface area contributed by atoms with Crippen LogP contribution >= 0.6 is 11.6 Å². The van der Waals surface area contributed by atoms with Crippen molar-refractivity contribution in [1.82, 2.24) is 19.5 Å². The zero-order chi connectivity index (χ0) is 23.4. The summed E-state index contributed by atoms with van der Waals surface area (Å²) < 4.78 is 7.26. The van der Waals surface area contributed by atoms with E-state index in [1.54, 1.807) is 4.57 Å². The maximum atomic E-state index is 10.5. The van der Waals surface area contributed by atoms with Crippen molar-refractivity contribution in [3.63, 3.8) is 0 Å². The standard InChI is InChI=1S/C24H28ClN5O4/c25-23-27-20(17-21(28-23)30(13-26-17)22-19(33)18(32)16(11-31)34-22)29-12-24(9-5-1-2-6-10-24)14-7-3-4-8-15(14)29/h3-4,7-8,13,16,18-19,22,31-33H,1-2,5-6,9-12H2/t16-,18+,19?,22-/m1/s1. The Bertz CT molecular complexity index is 1210. The second kappa shape index (κ2) is 8.42. The van der Waals surface area contributed by atoms with Crippen molar-refractivity contribution < 1.29 is 20.1 Å². The predicted molar refractivity (Wildman–Crippen MR) is 126 cm³/mol. The molecule has 1 aliphatic carbocycles. The van der Waals surface area contributed by atoms with Crippen molar-refractivity contribution in [3.8, 4) is 0 Å². The number of hydrogen-bond acceptors (Lipinski definition) is 8. The molecule has 1 spiro atoms. The van der Waals surface area contributed by atoms with Crippen LogP contribution in [0.25, 0.3) is 11.2 Å². The molecule has 4 heterocycles. The molecule has 0 radical (unpaired) electrons. The molecular weight excluding hydrogens is 458 g/mol. The Balaban J connectivity index is 1.45. The zero-order valence-corrected chi connectivity index (χ0v) is 19.5. The number of aliphatic hydroxyl groups excluding tert-OH is 3. The fourth-order valence-electron chi connectivity index (χ4n) is 6.01. The quantitative estimate of drug-likeness (QED) is 0.485. The highest BCUT2D eigenvalue weighted by molar-refractivity contribution is 6.28. The third-order valence-corrected chi connectivity index (χ3v) is 7.88. The lowest BCUT2D eigenvalue weighted by molar-refractivity contribution is -0.0511. The van der Waals surface area contributed by atoms with Gasteiger partial charge in [-0.05, 0) is 36.1 Å². The lowest BCUT2D eigenvalue weighted by atomic mass is 9.76. The first-order valence-corrected chi connectivity index (χ1v) is 12.3. The maximum absolute atomic E-state index is 10.5. The molecule has 3 aliphatic rings. The monoisotopic (exact) mass is 485 g/mol. The van der Waals surface area contributed by atoms with Gasteiger partial charge in [0.2, 0.25) is 5.28 Å². The summed E-state index contributed by atoms with van der Waals surface area (Å²) in [6, 6.07) is 8.51. The van der Waals surface area contributed by atoms with Gasteiger partial charge in [0, 0.05) is 17.6 Å². The first kappa shape index (κ1) is 22.2. The number of fused-ring (bicyclic) bond motifs is 3. The Hall–Kier alpha value is -2.30. The van der Waals surface area contributed by atoms with Crippen molar-refractivity contribution >= 4 is 34.3 Å². The molecule has 0 amide bonds. The Labute approximate surface area is 202 Å². The van der Waals surface area contributed by atoms with Gasteiger partial charge in [0.05, 0.1) is 12.9 Å². The molecule has 1 unspecified atom stereocenters. The summed E-state index contributed by atoms with van der Waals surface area (Å²) in [5.74, 6) is 0.620. The summed E-state index contributed by atoms with van der Waals surface area (Å²) in [4.78, 5) is 15.8. The third kappa shape index (κ3) is 3.33. The molecule has 1 saturated heterocycles. The van der Waals surface area contributed by atoms with Crippen molar-refractivity contribution in [1.29, 1.82) is 0 Å². The molecule has 34 heavy (non-hydrogen) atoms. The zero-order valence-electron chi connectivity index (χ0n) is 18.7. The van der Waals surface area contributed by atoms with Gasteiger partial charge in [0.25, 0.3) is 0 Å². The maximum Gasteiger partial charge on any atom is 0.226 e. The first-order valence-electron chi connectivity index (χ1n) is 11.9. The molecule has 2 aliphatic heterocycles. The molecule has 4 atom stereocenters. The lowest BCUT2D eigenvalue weighted by Gasteiger charge is -2.29. The minimum Gasteiger partial charge on any atom is -0.394 e. The fourth-order valence-corrected chi connectivity index (χ4v) is 6.17. The number of aliphatic hydroxyl groups is 3. The van der Waals surface area contributed by atoms with Crippen LogP contribution in [0, 0.1) is 0 Å². The van der Waals surface area contributed by atoms with Crippen molar-refractivity contribution in [2.75, 3.05) is 18.1 Å². The summed E-state index contributed by atoms with van der Waals surface area (Å²) >= 11 is 6.41. The molecule has 6 rings (SSSR count). The summed E-state index contributed by atoms with van der Waals surface area (Å²) in [6.07, 6.45) is 4.44. The summed E-state index contributed by atoms with van der Waals surface area (Å²) in [6.45, 7) is 0.393. The number of benzene rings is 1. The van der Waals surface area contributed by atoms with Gasteiger partial charge in [-0.1, -0.05) is 43.9 Å². The molecule has 9 nitrogen and oxygen atoms in total. The van der Waals surface area contributed by atoms with Gasteiger partial charge in [-0.2, -0.15) is 9.97 Å². The number of rotatable bonds is 3. The summed E-state index contributed by atoms with van der Waals surface area (Å²) in [7, 11) is 0. The van der Waals surface area contributed by atoms with Gasteiger partial charge in [-0.25, -0.2) is 4.98 Å². The largest absolute Gasteiger partial charge is 0.394 e. The van der Waals surface area contributed by atoms with Gasteiger partial charge in [0.15, 0.2) is 23.2 Å². The molecule has 1 saturated carbocycles. The number of anilines is 2. The smallest absolute Gasteiger partial charge is 0.226 e. The van der Waals surface area contributed by atoms with Crippen LogP contribution < -0.4 is 4.90 Å². The first-order chi connectivity index (χ1) is 16.5. The number of ether oxygens (including phenoxy) is 1. The van der Waals surface area contributed by atoms with E-state index in [1.165, 1.54) is 37.6 Å². The molecule has 3 aromatic rings. The number of nitrogens with zero attached hydrogens (tertiary/aromatic N) is 5. The van der Waals surface area contributed by atoms with Crippen LogP contribution in [0.3, 0.4) is 0 Å². The minimum absolute atomic E-state index is 0.0651. The third-order valence-electron chi connectivity index (χ3n) is 7.71. The van der Waals surface area contributed by atoms with Crippen LogP contribution in [-0.4, -0.2) is 66.3 Å². The number of hydrogen-bond donors (Lipinski definition) is 3. The van der Waals surface area contributed by atoms with Crippen LogP contribution in [0.1, 0.15) is 50.3 Å². The van der Waals surface area contributed by atoms with E-state index >= 15 is 0 Å². The SMILES string of the molecule is OC[C@H]1O[C@@H](n2cnc3c(N4CC5(CCCCCC5)c5ccccc54)nc(Cl)nc32)C(O)[C@H]1O. The van der Waals surface area contributed by atoms with E-state index in [-0.39, 0.29) is 10.7 Å². The van der Waals surface area contributed by atoms with E-state index in [0.29, 0.717) is 17.0 Å². The molecule has 2 fully saturated rings. The second-order valence-electron chi connectivity index (χ2n) is 9.67. The number of imidazole rings is 1. The van der Waals surface area contributed by atoms with Crippen molar-refractivity contribution in [3.05, 3.63) is 41.4 Å². The normalized spacial score (nSPS) is 28.5. The van der Waals surface area contributed by atoms with E-state index in [4.69, 9.17) is 16.3 Å². The second-order valence-corrected chi connectivity index (χ2v) is 10.0. The Morgan fingerprint density at radius 1 is 1.06 bits per heavy atom. The highest BCUT2D eigenvalue weighted by atomic mass is 35.5. The molecule has 180 valence electrons. The van der Waals surface area contributed by atoms with Crippen LogP contribution in [-0.2, 0) is 10.2 Å². The lowest BCUT2D eigenvalue weighted by Crippen LogP contribution is -2.33. The topological polar surface area (TPSA) is 117 Å². The molecule has 2 aromatic heterocycles. The summed E-state index contributed by atoms with van der Waals surface area (Å²) in [5.41, 5.74) is 3.49. The number of halogens is 1. The van der Waals surface area contributed by atoms with Gasteiger partial charge < -0.3 is 25.0 Å². The van der Waals surface area contributed by atoms with Crippen LogP contribution in [0.4, 0.5) is 11.5 Å². The Kier molecular flexibility index (Phi) is 5.50. The average Bonchev–Trinajstić information content (AvgIpc) is 3.41. The van der Waals surface area contributed by atoms with Crippen LogP contribution in [0.15, 0.2) is 30.6 Å². The highest BCUT2D eigenvalue weighted by Gasteiger charge is 2.46. The van der Waals surface area contributed by atoms with E-state index in [9.17, 15) is 15.3 Å². The average molecular weight is 486 g/mol. The van der Waals surface area contributed by atoms with Gasteiger partial charge in [-0.15, -0.1) is 0 Å². The van der Waals surface area contributed by atoms with Crippen molar-refractivity contribution in [2.45, 2.75) is 68.5 Å². The van der Waals surface area contributed by atoms with E-state index in [2.05, 4.69) is 38.1 Å². The molecule has 3 N–H and O–H groups in total. The number of aromatic nitrogens is 4. The van der Waals surface area contributed by atoms with E-state index in [0.717, 1.165) is 25.1 Å². The Morgan fingerprint density at radius 2 is 1.82 bits per heavy atom. The van der Waals surface area contributed by atoms with Gasteiger partial charge >= 0.3 is 0 Å². The fraction of sp³-hybridized carbons (Fsp3) is 0.542. The molecule has 0 bridgehead atoms. The Morgan fingerprint density at radius 3 is 2.56 bits per heavy atom. The summed E-state index contributed by atoms with van der Waals surface area (Å²) in [5, 5.41) is 30.3. The molecule has 1 aromatic carbocycles. The van der Waals surface area contributed by atoms with Crippen LogP contribution in [0.2, 0.25) is 5.28 Å². The van der Waals surface area contributed by atoms with E-state index in [1.807, 2.05) is 6.07 Å². The van der Waals surface area contributed by atoms with Gasteiger partial charge in [0.1, 0.15) is 18.3 Å². The highest BCUT2D eigenvalue weighted by Crippen LogP contribution is 2.51. The van der Waals surface area contributed by atoms with Crippen molar-refractivity contribution in [2.24, 2.45) is 0 Å². The molecule has 10 heteroatoms. The molecular formula is C24H28ClN5O4. The number of para-hydroxylation sites is 1. The minimum atomic E-state index is -1.24. The van der Waals surface area contributed by atoms with E-state index < -0.39 is 31.1 Å².